The Bertz CT molecular complexity index is 729. The van der Waals surface area contributed by atoms with Gasteiger partial charge in [0.05, 0.1) is 25.6 Å². The predicted octanol–water partition coefficient (Wildman–Crippen LogP) is -2.64. The highest BCUT2D eigenvalue weighted by molar-refractivity contribution is 5.82. The standard InChI is InChI=1S/C14H22N6O6/c1-25-4-8-10(23)11(24)14(26-8)20-6-17-9-12(15-5-16-13(9)20)19-18-2-7(22)3-21/h5-8,10-11,14,18,21-24H,2-4H2,1H3,(H,15,16,19)/t7?,8-,10?,11?,14-/m1/s1. The Hall–Kier alpha value is -1.93. The van der Waals surface area contributed by atoms with E-state index in [2.05, 4.69) is 25.8 Å². The number of hydrazine groups is 1. The van der Waals surface area contributed by atoms with Gasteiger partial charge in [0.25, 0.3) is 0 Å². The van der Waals surface area contributed by atoms with E-state index in [0.29, 0.717) is 17.0 Å². The molecule has 2 aromatic rings. The minimum absolute atomic E-state index is 0.0953. The summed E-state index contributed by atoms with van der Waals surface area (Å²) >= 11 is 0. The fraction of sp³-hybridized carbons (Fsp3) is 0.643. The molecule has 12 heteroatoms. The molecule has 6 N–H and O–H groups in total. The number of imidazole rings is 1. The molecule has 0 bridgehead atoms. The molecule has 1 aliphatic rings. The van der Waals surface area contributed by atoms with E-state index < -0.39 is 30.6 Å². The minimum Gasteiger partial charge on any atom is -0.394 e. The SMILES string of the molecule is COC[C@H]1O[C@@H](n2cnc3c(NNCC(O)CO)ncnc32)C(O)C1O. The highest BCUT2D eigenvalue weighted by Gasteiger charge is 2.44. The fourth-order valence-corrected chi connectivity index (χ4v) is 2.71. The van der Waals surface area contributed by atoms with Gasteiger partial charge in [-0.05, 0) is 0 Å². The first-order valence-electron chi connectivity index (χ1n) is 8.02. The van der Waals surface area contributed by atoms with Crippen LogP contribution in [0.25, 0.3) is 11.2 Å². The maximum absolute atomic E-state index is 10.3. The number of fused-ring (bicyclic) bond motifs is 1. The summed E-state index contributed by atoms with van der Waals surface area (Å²) in [5.74, 6) is 0.348. The van der Waals surface area contributed by atoms with Crippen LogP contribution < -0.4 is 10.9 Å². The normalized spacial score (nSPS) is 27.1. The van der Waals surface area contributed by atoms with Crippen LogP contribution in [0.15, 0.2) is 12.7 Å². The van der Waals surface area contributed by atoms with E-state index in [0.717, 1.165) is 0 Å². The van der Waals surface area contributed by atoms with Crippen molar-refractivity contribution < 1.29 is 29.9 Å². The Morgan fingerprint density at radius 1 is 1.31 bits per heavy atom. The van der Waals surface area contributed by atoms with Gasteiger partial charge in [0.2, 0.25) is 0 Å². The molecule has 12 nitrogen and oxygen atoms in total. The lowest BCUT2D eigenvalue weighted by atomic mass is 10.1. The van der Waals surface area contributed by atoms with Crippen molar-refractivity contribution in [3.63, 3.8) is 0 Å². The molecule has 2 aromatic heterocycles. The Morgan fingerprint density at radius 2 is 2.12 bits per heavy atom. The second-order valence-corrected chi connectivity index (χ2v) is 5.89. The van der Waals surface area contributed by atoms with Gasteiger partial charge >= 0.3 is 0 Å². The smallest absolute Gasteiger partial charge is 0.171 e. The number of aliphatic hydroxyl groups is 4. The molecule has 3 heterocycles. The number of hydrogen-bond acceptors (Lipinski definition) is 11. The van der Waals surface area contributed by atoms with E-state index in [-0.39, 0.29) is 19.8 Å². The Kier molecular flexibility index (Phi) is 5.93. The molecule has 0 saturated carbocycles. The highest BCUT2D eigenvalue weighted by Crippen LogP contribution is 2.32. The molecule has 3 rings (SSSR count). The molecule has 0 aromatic carbocycles. The Labute approximate surface area is 148 Å². The van der Waals surface area contributed by atoms with Gasteiger partial charge in [-0.15, -0.1) is 0 Å². The van der Waals surface area contributed by atoms with Crippen LogP contribution in [0.3, 0.4) is 0 Å². The maximum atomic E-state index is 10.3. The lowest BCUT2D eigenvalue weighted by Crippen LogP contribution is -2.33. The fourth-order valence-electron chi connectivity index (χ4n) is 2.71. The number of nitrogens with one attached hydrogen (secondary N) is 2. The van der Waals surface area contributed by atoms with Crippen LogP contribution >= 0.6 is 0 Å². The topological polar surface area (TPSA) is 167 Å². The van der Waals surface area contributed by atoms with Gasteiger partial charge in [-0.1, -0.05) is 0 Å². The zero-order valence-corrected chi connectivity index (χ0v) is 14.1. The second kappa shape index (κ2) is 8.18. The zero-order valence-electron chi connectivity index (χ0n) is 14.1. The second-order valence-electron chi connectivity index (χ2n) is 5.89. The molecule has 3 unspecified atom stereocenters. The van der Waals surface area contributed by atoms with E-state index >= 15 is 0 Å². The van der Waals surface area contributed by atoms with Gasteiger partial charge in [-0.2, -0.15) is 0 Å². The molecule has 0 radical (unpaired) electrons. The number of aliphatic hydroxyl groups excluding tert-OH is 4. The van der Waals surface area contributed by atoms with Gasteiger partial charge in [-0.25, -0.2) is 20.4 Å². The average Bonchev–Trinajstić information content (AvgIpc) is 3.19. The summed E-state index contributed by atoms with van der Waals surface area (Å²) in [7, 11) is 1.48. The number of aromatic nitrogens is 4. The van der Waals surface area contributed by atoms with E-state index in [4.69, 9.17) is 14.6 Å². The van der Waals surface area contributed by atoms with Crippen LogP contribution in [-0.4, -0.2) is 91.2 Å². The molecule has 0 aliphatic carbocycles. The predicted molar refractivity (Wildman–Crippen MR) is 87.8 cm³/mol. The van der Waals surface area contributed by atoms with Gasteiger partial charge in [0.15, 0.2) is 23.2 Å². The highest BCUT2D eigenvalue weighted by atomic mass is 16.6. The van der Waals surface area contributed by atoms with Crippen molar-refractivity contribution in [1.82, 2.24) is 24.9 Å². The van der Waals surface area contributed by atoms with Crippen molar-refractivity contribution in [2.45, 2.75) is 30.6 Å². The summed E-state index contributed by atoms with van der Waals surface area (Å²) < 4.78 is 12.2. The third-order valence-corrected chi connectivity index (χ3v) is 4.06. The van der Waals surface area contributed by atoms with Crippen LogP contribution in [0.4, 0.5) is 5.82 Å². The third-order valence-electron chi connectivity index (χ3n) is 4.06. The van der Waals surface area contributed by atoms with Gasteiger partial charge < -0.3 is 35.3 Å². The summed E-state index contributed by atoms with van der Waals surface area (Å²) in [6.45, 7) is -0.136. The first kappa shape index (κ1) is 18.8. The Balaban J connectivity index is 1.80. The molecular weight excluding hydrogens is 348 g/mol. The van der Waals surface area contributed by atoms with E-state index in [9.17, 15) is 15.3 Å². The number of methoxy groups -OCH3 is 1. The first-order valence-corrected chi connectivity index (χ1v) is 8.02. The summed E-state index contributed by atoms with van der Waals surface area (Å²) in [6.07, 6.45) is -1.99. The van der Waals surface area contributed by atoms with Crippen molar-refractivity contribution in [3.8, 4) is 0 Å². The molecule has 26 heavy (non-hydrogen) atoms. The number of hydrogen-bond donors (Lipinski definition) is 6. The van der Waals surface area contributed by atoms with Crippen LogP contribution in [0.2, 0.25) is 0 Å². The molecule has 0 spiro atoms. The van der Waals surface area contributed by atoms with Crippen molar-refractivity contribution in [2.75, 3.05) is 32.3 Å². The van der Waals surface area contributed by atoms with E-state index in [1.807, 2.05) is 0 Å². The summed E-state index contributed by atoms with van der Waals surface area (Å²) in [5, 5.41) is 38.5. The van der Waals surface area contributed by atoms with Crippen LogP contribution in [0.5, 0.6) is 0 Å². The Morgan fingerprint density at radius 3 is 2.85 bits per heavy atom. The summed E-state index contributed by atoms with van der Waals surface area (Å²) in [4.78, 5) is 12.5. The van der Waals surface area contributed by atoms with Crippen molar-refractivity contribution in [1.29, 1.82) is 0 Å². The van der Waals surface area contributed by atoms with E-state index in [1.54, 1.807) is 0 Å². The van der Waals surface area contributed by atoms with Crippen molar-refractivity contribution >= 4 is 17.0 Å². The average molecular weight is 370 g/mol. The van der Waals surface area contributed by atoms with Crippen LogP contribution in [0, 0.1) is 0 Å². The van der Waals surface area contributed by atoms with Crippen LogP contribution in [-0.2, 0) is 9.47 Å². The molecule has 1 saturated heterocycles. The molecule has 0 amide bonds. The molecule has 144 valence electrons. The summed E-state index contributed by atoms with van der Waals surface area (Å²) in [5.41, 5.74) is 6.30. The zero-order chi connectivity index (χ0) is 18.7. The number of anilines is 1. The molecule has 1 fully saturated rings. The molecular formula is C14H22N6O6. The molecule has 1 aliphatic heterocycles. The first-order chi connectivity index (χ1) is 12.6. The lowest BCUT2D eigenvalue weighted by molar-refractivity contribution is -0.0580. The quantitative estimate of drug-likeness (QED) is 0.269. The molecule has 5 atom stereocenters. The number of nitrogens with zero attached hydrogens (tertiary/aromatic N) is 4. The maximum Gasteiger partial charge on any atom is 0.171 e. The van der Waals surface area contributed by atoms with Crippen molar-refractivity contribution in [2.24, 2.45) is 0 Å². The van der Waals surface area contributed by atoms with Gasteiger partial charge in [0.1, 0.15) is 24.6 Å². The van der Waals surface area contributed by atoms with E-state index in [1.165, 1.54) is 24.3 Å². The lowest BCUT2D eigenvalue weighted by Gasteiger charge is -2.16. The summed E-state index contributed by atoms with van der Waals surface area (Å²) in [6, 6.07) is 0. The third kappa shape index (κ3) is 3.61. The van der Waals surface area contributed by atoms with Crippen LogP contribution in [0.1, 0.15) is 6.23 Å². The van der Waals surface area contributed by atoms with Crippen molar-refractivity contribution in [3.05, 3.63) is 12.7 Å². The van der Waals surface area contributed by atoms with Gasteiger partial charge in [-0.3, -0.25) is 4.57 Å². The monoisotopic (exact) mass is 370 g/mol. The number of ether oxygens (including phenoxy) is 2. The number of rotatable bonds is 8. The minimum atomic E-state index is -1.17. The largest absolute Gasteiger partial charge is 0.394 e. The van der Waals surface area contributed by atoms with Gasteiger partial charge in [0, 0.05) is 13.7 Å².